The molecule has 0 aliphatic carbocycles. The topological polar surface area (TPSA) is 31.2 Å². The lowest BCUT2D eigenvalue weighted by Gasteiger charge is -2.20. The quantitative estimate of drug-likeness (QED) is 0.637. The number of carbonyl (C=O) groups is 1. The van der Waals surface area contributed by atoms with Gasteiger partial charge in [0.1, 0.15) is 10.2 Å². The molecule has 102 valence electrons. The highest BCUT2D eigenvalue weighted by Crippen LogP contribution is 2.32. The molecule has 2 aromatic rings. The predicted molar refractivity (Wildman–Crippen MR) is 83.9 cm³/mol. The Morgan fingerprint density at radius 3 is 2.53 bits per heavy atom. The molecule has 19 heavy (non-hydrogen) atoms. The van der Waals surface area contributed by atoms with E-state index < -0.39 is 5.60 Å². The van der Waals surface area contributed by atoms with Crippen molar-refractivity contribution < 1.29 is 9.53 Å². The Morgan fingerprint density at radius 1 is 1.32 bits per heavy atom. The van der Waals surface area contributed by atoms with Crippen LogP contribution < -0.4 is 0 Å². The van der Waals surface area contributed by atoms with Crippen molar-refractivity contribution in [2.45, 2.75) is 31.7 Å². The SMILES string of the molecule is CC(C)(C)OC(=O)n1c(Br)c(CBr)c2ccccc21. The van der Waals surface area contributed by atoms with E-state index in [-0.39, 0.29) is 6.09 Å². The number of fused-ring (bicyclic) bond motifs is 1. The number of rotatable bonds is 1. The molecule has 2 rings (SSSR count). The number of hydrogen-bond donors (Lipinski definition) is 0. The number of benzene rings is 1. The third-order valence-corrected chi connectivity index (χ3v) is 4.02. The van der Waals surface area contributed by atoms with Crippen LogP contribution in [-0.4, -0.2) is 16.3 Å². The van der Waals surface area contributed by atoms with Crippen LogP contribution in [0.3, 0.4) is 0 Å². The van der Waals surface area contributed by atoms with Gasteiger partial charge in [-0.15, -0.1) is 0 Å². The second-order valence-electron chi connectivity index (χ2n) is 5.24. The minimum atomic E-state index is -0.517. The second kappa shape index (κ2) is 5.29. The van der Waals surface area contributed by atoms with Crippen LogP contribution in [0.5, 0.6) is 0 Å². The van der Waals surface area contributed by atoms with Crippen molar-refractivity contribution in [2.75, 3.05) is 0 Å². The van der Waals surface area contributed by atoms with Crippen LogP contribution in [0.25, 0.3) is 10.9 Å². The minimum absolute atomic E-state index is 0.372. The van der Waals surface area contributed by atoms with Gasteiger partial charge in [-0.1, -0.05) is 34.1 Å². The number of alkyl halides is 1. The molecule has 0 fully saturated rings. The first kappa shape index (κ1) is 14.6. The van der Waals surface area contributed by atoms with E-state index in [1.165, 1.54) is 0 Å². The molecule has 5 heteroatoms. The maximum Gasteiger partial charge on any atom is 0.419 e. The van der Waals surface area contributed by atoms with Gasteiger partial charge in [-0.3, -0.25) is 0 Å². The molecule has 0 bridgehead atoms. The van der Waals surface area contributed by atoms with E-state index in [9.17, 15) is 4.79 Å². The van der Waals surface area contributed by atoms with E-state index in [0.717, 1.165) is 21.1 Å². The molecule has 1 aromatic carbocycles. The largest absolute Gasteiger partial charge is 0.443 e. The van der Waals surface area contributed by atoms with Crippen molar-refractivity contribution >= 4 is 48.9 Å². The molecule has 0 saturated carbocycles. The van der Waals surface area contributed by atoms with Gasteiger partial charge < -0.3 is 4.74 Å². The van der Waals surface area contributed by atoms with Gasteiger partial charge in [0.25, 0.3) is 0 Å². The van der Waals surface area contributed by atoms with Crippen molar-refractivity contribution in [3.8, 4) is 0 Å². The summed E-state index contributed by atoms with van der Waals surface area (Å²) in [5, 5.41) is 1.71. The van der Waals surface area contributed by atoms with Crippen LogP contribution in [0.2, 0.25) is 0 Å². The summed E-state index contributed by atoms with van der Waals surface area (Å²) in [5.41, 5.74) is 1.37. The van der Waals surface area contributed by atoms with Gasteiger partial charge in [0, 0.05) is 16.3 Å². The zero-order valence-electron chi connectivity index (χ0n) is 11.0. The zero-order valence-corrected chi connectivity index (χ0v) is 14.2. The minimum Gasteiger partial charge on any atom is -0.443 e. The van der Waals surface area contributed by atoms with Crippen molar-refractivity contribution in [1.29, 1.82) is 0 Å². The van der Waals surface area contributed by atoms with E-state index in [1.807, 2.05) is 45.0 Å². The summed E-state index contributed by atoms with van der Waals surface area (Å²) in [6, 6.07) is 7.78. The number of nitrogens with zero attached hydrogens (tertiary/aromatic N) is 1. The van der Waals surface area contributed by atoms with Crippen molar-refractivity contribution in [2.24, 2.45) is 0 Å². The molecule has 0 atom stereocenters. The predicted octanol–water partition coefficient (Wildman–Crippen LogP) is 5.08. The number of halogens is 2. The van der Waals surface area contributed by atoms with Gasteiger partial charge in [-0.25, -0.2) is 9.36 Å². The summed E-state index contributed by atoms with van der Waals surface area (Å²) in [4.78, 5) is 12.3. The van der Waals surface area contributed by atoms with Crippen molar-refractivity contribution in [3.05, 3.63) is 34.4 Å². The van der Waals surface area contributed by atoms with Gasteiger partial charge in [0.05, 0.1) is 5.52 Å². The Kier molecular flexibility index (Phi) is 4.06. The monoisotopic (exact) mass is 387 g/mol. The Labute approximate surface area is 129 Å². The summed E-state index contributed by atoms with van der Waals surface area (Å²) < 4.78 is 7.75. The number of para-hydroxylation sites is 1. The highest BCUT2D eigenvalue weighted by molar-refractivity contribution is 9.10. The van der Waals surface area contributed by atoms with Crippen LogP contribution in [0.15, 0.2) is 28.9 Å². The highest BCUT2D eigenvalue weighted by Gasteiger charge is 2.23. The number of aromatic nitrogens is 1. The van der Waals surface area contributed by atoms with E-state index in [4.69, 9.17) is 4.74 Å². The Morgan fingerprint density at radius 2 is 1.95 bits per heavy atom. The molecule has 0 N–H and O–H groups in total. The molecule has 1 heterocycles. The van der Waals surface area contributed by atoms with Crippen molar-refractivity contribution in [1.82, 2.24) is 4.57 Å². The van der Waals surface area contributed by atoms with Crippen LogP contribution in [0, 0.1) is 0 Å². The van der Waals surface area contributed by atoms with Crippen LogP contribution >= 0.6 is 31.9 Å². The van der Waals surface area contributed by atoms with E-state index >= 15 is 0 Å². The molecule has 0 spiro atoms. The third-order valence-electron chi connectivity index (χ3n) is 2.63. The van der Waals surface area contributed by atoms with Gasteiger partial charge in [0.2, 0.25) is 0 Å². The molecule has 3 nitrogen and oxygen atoms in total. The lowest BCUT2D eigenvalue weighted by atomic mass is 10.2. The van der Waals surface area contributed by atoms with Gasteiger partial charge in [-0.05, 0) is 42.8 Å². The summed E-state index contributed by atoms with van der Waals surface area (Å²) in [7, 11) is 0. The number of hydrogen-bond acceptors (Lipinski definition) is 2. The molecule has 0 amide bonds. The summed E-state index contributed by atoms with van der Waals surface area (Å²) in [5.74, 6) is 0. The standard InChI is InChI=1S/C14H15Br2NO2/c1-14(2,3)19-13(18)17-11-7-5-4-6-9(11)10(8-15)12(17)16/h4-7H,8H2,1-3H3. The average Bonchev–Trinajstić information content (AvgIpc) is 2.58. The molecule has 0 aliphatic heterocycles. The molecule has 1 aromatic heterocycles. The van der Waals surface area contributed by atoms with E-state index in [2.05, 4.69) is 31.9 Å². The van der Waals surface area contributed by atoms with Crippen LogP contribution in [0.4, 0.5) is 4.79 Å². The maximum absolute atomic E-state index is 12.3. The first-order valence-corrected chi connectivity index (χ1v) is 7.83. The van der Waals surface area contributed by atoms with Gasteiger partial charge >= 0.3 is 6.09 Å². The second-order valence-corrected chi connectivity index (χ2v) is 6.55. The number of ether oxygens (including phenoxy) is 1. The van der Waals surface area contributed by atoms with E-state index in [0.29, 0.717) is 5.33 Å². The molecular formula is C14H15Br2NO2. The van der Waals surface area contributed by atoms with Crippen LogP contribution in [-0.2, 0) is 10.1 Å². The first-order chi connectivity index (χ1) is 8.85. The number of carbonyl (C=O) groups excluding carboxylic acids is 1. The third kappa shape index (κ3) is 2.87. The Bertz CT molecular complexity index is 626. The molecule has 0 unspecified atom stereocenters. The van der Waals surface area contributed by atoms with Crippen LogP contribution in [0.1, 0.15) is 26.3 Å². The first-order valence-electron chi connectivity index (χ1n) is 5.92. The molecule has 0 saturated heterocycles. The molecule has 0 radical (unpaired) electrons. The lowest BCUT2D eigenvalue weighted by molar-refractivity contribution is 0.0541. The van der Waals surface area contributed by atoms with Gasteiger partial charge in [-0.2, -0.15) is 0 Å². The molecule has 0 aliphatic rings. The Balaban J connectivity index is 2.60. The Hall–Kier alpha value is -0.810. The summed E-state index contributed by atoms with van der Waals surface area (Å²) in [6.45, 7) is 5.57. The van der Waals surface area contributed by atoms with Crippen molar-refractivity contribution in [3.63, 3.8) is 0 Å². The normalized spacial score (nSPS) is 11.8. The average molecular weight is 389 g/mol. The summed E-state index contributed by atoms with van der Waals surface area (Å²) in [6.07, 6.45) is -0.372. The zero-order chi connectivity index (χ0) is 14.2. The lowest BCUT2D eigenvalue weighted by Crippen LogP contribution is -2.27. The highest BCUT2D eigenvalue weighted by atomic mass is 79.9. The fraction of sp³-hybridized carbons (Fsp3) is 0.357. The smallest absolute Gasteiger partial charge is 0.419 e. The van der Waals surface area contributed by atoms with E-state index in [1.54, 1.807) is 4.57 Å². The summed E-state index contributed by atoms with van der Waals surface area (Å²) >= 11 is 6.95. The maximum atomic E-state index is 12.3. The molecular weight excluding hydrogens is 374 g/mol. The fourth-order valence-corrected chi connectivity index (χ4v) is 3.52. The fourth-order valence-electron chi connectivity index (χ4n) is 1.89. The van der Waals surface area contributed by atoms with Gasteiger partial charge in [0.15, 0.2) is 0 Å².